The van der Waals surface area contributed by atoms with Crippen LogP contribution in [0.15, 0.2) is 41.0 Å². The van der Waals surface area contributed by atoms with Crippen LogP contribution in [0.2, 0.25) is 0 Å². The van der Waals surface area contributed by atoms with Gasteiger partial charge in [0, 0.05) is 36.8 Å². The number of carbonyl (C=O) groups is 1. The highest BCUT2D eigenvalue weighted by Gasteiger charge is 2.38. The van der Waals surface area contributed by atoms with Crippen LogP contribution in [0.3, 0.4) is 0 Å². The summed E-state index contributed by atoms with van der Waals surface area (Å²) in [6.07, 6.45) is 1.84. The molecule has 4 rings (SSSR count). The number of hydrogen-bond acceptors (Lipinski definition) is 3. The summed E-state index contributed by atoms with van der Waals surface area (Å²) in [6, 6.07) is 9.67. The third-order valence-electron chi connectivity index (χ3n) is 4.56. The largest absolute Gasteiger partial charge is 0.337 e. The van der Waals surface area contributed by atoms with E-state index in [0.29, 0.717) is 17.5 Å². The fourth-order valence-electron chi connectivity index (χ4n) is 3.38. The second-order valence-electron chi connectivity index (χ2n) is 6.01. The first-order valence-corrected chi connectivity index (χ1v) is 8.31. The van der Waals surface area contributed by atoms with E-state index < -0.39 is 0 Å². The van der Waals surface area contributed by atoms with Gasteiger partial charge in [0.2, 0.25) is 0 Å². The van der Waals surface area contributed by atoms with Crippen molar-refractivity contribution in [1.29, 1.82) is 0 Å². The highest BCUT2D eigenvalue weighted by Crippen LogP contribution is 2.27. The Kier molecular flexibility index (Phi) is 3.50. The standard InChI is InChI=1S/C16H17BrN4O/c17-13-2-1-3-14(6-13)21-5-4-15(19-21)16(22)20-9-11-7-18-8-12(11)10-20/h1-6,11-12,18H,7-10H2/t11-,12+. The summed E-state index contributed by atoms with van der Waals surface area (Å²) in [7, 11) is 0. The highest BCUT2D eigenvalue weighted by molar-refractivity contribution is 9.10. The Morgan fingerprint density at radius 1 is 1.23 bits per heavy atom. The number of halogens is 1. The zero-order valence-electron chi connectivity index (χ0n) is 12.1. The van der Waals surface area contributed by atoms with E-state index in [1.165, 1.54) is 0 Å². The number of aromatic nitrogens is 2. The fourth-order valence-corrected chi connectivity index (χ4v) is 3.77. The molecule has 5 nitrogen and oxygen atoms in total. The Morgan fingerprint density at radius 2 is 2.00 bits per heavy atom. The third-order valence-corrected chi connectivity index (χ3v) is 5.05. The number of benzene rings is 1. The number of amides is 1. The first-order chi connectivity index (χ1) is 10.7. The van der Waals surface area contributed by atoms with Gasteiger partial charge in [-0.05, 0) is 36.1 Å². The normalized spacial score (nSPS) is 23.8. The fraction of sp³-hybridized carbons (Fsp3) is 0.375. The van der Waals surface area contributed by atoms with E-state index in [-0.39, 0.29) is 5.91 Å². The average Bonchev–Trinajstić information content (AvgIpc) is 3.22. The van der Waals surface area contributed by atoms with E-state index in [1.54, 1.807) is 10.7 Å². The van der Waals surface area contributed by atoms with Crippen LogP contribution in [0.5, 0.6) is 0 Å². The monoisotopic (exact) mass is 360 g/mol. The van der Waals surface area contributed by atoms with Gasteiger partial charge in [0.25, 0.3) is 5.91 Å². The molecular weight excluding hydrogens is 344 g/mol. The lowest BCUT2D eigenvalue weighted by Gasteiger charge is -2.15. The van der Waals surface area contributed by atoms with Crippen molar-refractivity contribution in [3.05, 3.63) is 46.7 Å². The summed E-state index contributed by atoms with van der Waals surface area (Å²) in [5.74, 6) is 1.26. The van der Waals surface area contributed by atoms with Crippen LogP contribution in [-0.2, 0) is 0 Å². The van der Waals surface area contributed by atoms with Gasteiger partial charge in [0.15, 0.2) is 5.69 Å². The van der Waals surface area contributed by atoms with E-state index in [4.69, 9.17) is 0 Å². The first kappa shape index (κ1) is 14.0. The van der Waals surface area contributed by atoms with E-state index >= 15 is 0 Å². The number of rotatable bonds is 2. The maximum Gasteiger partial charge on any atom is 0.274 e. The summed E-state index contributed by atoms with van der Waals surface area (Å²) < 4.78 is 2.74. The van der Waals surface area contributed by atoms with E-state index in [0.717, 1.165) is 36.3 Å². The predicted octanol–water partition coefficient (Wildman–Crippen LogP) is 1.93. The summed E-state index contributed by atoms with van der Waals surface area (Å²) >= 11 is 3.45. The molecule has 1 aromatic carbocycles. The minimum Gasteiger partial charge on any atom is -0.337 e. The van der Waals surface area contributed by atoms with Gasteiger partial charge in [-0.15, -0.1) is 0 Å². The van der Waals surface area contributed by atoms with Crippen LogP contribution < -0.4 is 5.32 Å². The van der Waals surface area contributed by atoms with Gasteiger partial charge in [0.1, 0.15) is 0 Å². The lowest BCUT2D eigenvalue weighted by atomic mass is 10.0. The molecule has 2 aliphatic heterocycles. The number of nitrogens with zero attached hydrogens (tertiary/aromatic N) is 3. The second-order valence-corrected chi connectivity index (χ2v) is 6.93. The van der Waals surface area contributed by atoms with Gasteiger partial charge in [-0.1, -0.05) is 22.0 Å². The van der Waals surface area contributed by atoms with Crippen molar-refractivity contribution in [2.45, 2.75) is 0 Å². The summed E-state index contributed by atoms with van der Waals surface area (Å²) in [5.41, 5.74) is 1.46. The Balaban J connectivity index is 1.53. The minimum absolute atomic E-state index is 0.0446. The molecule has 0 bridgehead atoms. The molecule has 22 heavy (non-hydrogen) atoms. The topological polar surface area (TPSA) is 50.2 Å². The van der Waals surface area contributed by atoms with Crippen molar-refractivity contribution in [1.82, 2.24) is 20.0 Å². The Bertz CT molecular complexity index is 702. The van der Waals surface area contributed by atoms with Gasteiger partial charge in [0.05, 0.1) is 5.69 Å². The number of likely N-dealkylation sites (tertiary alicyclic amines) is 1. The molecule has 2 aromatic rings. The summed E-state index contributed by atoms with van der Waals surface area (Å²) in [4.78, 5) is 14.6. The lowest BCUT2D eigenvalue weighted by molar-refractivity contribution is 0.0775. The maximum atomic E-state index is 12.6. The molecule has 0 saturated carbocycles. The molecule has 114 valence electrons. The molecule has 2 fully saturated rings. The minimum atomic E-state index is 0.0446. The molecule has 1 aromatic heterocycles. The smallest absolute Gasteiger partial charge is 0.274 e. The second kappa shape index (κ2) is 5.52. The van der Waals surface area contributed by atoms with Crippen LogP contribution in [0.25, 0.3) is 5.69 Å². The lowest BCUT2D eigenvalue weighted by Crippen LogP contribution is -2.32. The van der Waals surface area contributed by atoms with Crippen LogP contribution >= 0.6 is 15.9 Å². The van der Waals surface area contributed by atoms with Crippen molar-refractivity contribution >= 4 is 21.8 Å². The van der Waals surface area contributed by atoms with Crippen LogP contribution in [0.4, 0.5) is 0 Å². The van der Waals surface area contributed by atoms with E-state index in [9.17, 15) is 4.79 Å². The Hall–Kier alpha value is -1.66. The molecule has 3 heterocycles. The van der Waals surface area contributed by atoms with E-state index in [1.807, 2.05) is 35.4 Å². The van der Waals surface area contributed by atoms with Crippen molar-refractivity contribution in [2.75, 3.05) is 26.2 Å². The molecule has 1 N–H and O–H groups in total. The van der Waals surface area contributed by atoms with Crippen LogP contribution in [0, 0.1) is 11.8 Å². The summed E-state index contributed by atoms with van der Waals surface area (Å²) in [6.45, 7) is 3.75. The van der Waals surface area contributed by atoms with Gasteiger partial charge < -0.3 is 10.2 Å². The molecule has 1 amide bonds. The van der Waals surface area contributed by atoms with Gasteiger partial charge in [-0.3, -0.25) is 4.79 Å². The number of carbonyl (C=O) groups excluding carboxylic acids is 1. The Labute approximate surface area is 137 Å². The first-order valence-electron chi connectivity index (χ1n) is 7.52. The van der Waals surface area contributed by atoms with Gasteiger partial charge in [-0.25, -0.2) is 4.68 Å². The molecule has 0 radical (unpaired) electrons. The van der Waals surface area contributed by atoms with Gasteiger partial charge >= 0.3 is 0 Å². The van der Waals surface area contributed by atoms with Crippen molar-refractivity contribution in [3.8, 4) is 5.69 Å². The van der Waals surface area contributed by atoms with Crippen LogP contribution in [-0.4, -0.2) is 46.8 Å². The molecule has 2 aliphatic rings. The molecule has 0 aliphatic carbocycles. The van der Waals surface area contributed by atoms with E-state index in [2.05, 4.69) is 26.3 Å². The highest BCUT2D eigenvalue weighted by atomic mass is 79.9. The molecule has 2 saturated heterocycles. The van der Waals surface area contributed by atoms with Crippen molar-refractivity contribution < 1.29 is 4.79 Å². The van der Waals surface area contributed by atoms with Gasteiger partial charge in [-0.2, -0.15) is 5.10 Å². The molecule has 0 unspecified atom stereocenters. The quantitative estimate of drug-likeness (QED) is 0.889. The predicted molar refractivity (Wildman–Crippen MR) is 87.0 cm³/mol. The third kappa shape index (κ3) is 2.46. The molecule has 6 heteroatoms. The zero-order valence-corrected chi connectivity index (χ0v) is 13.7. The SMILES string of the molecule is O=C(c1ccn(-c2cccc(Br)c2)n1)N1C[C@H]2CNC[C@H]2C1. The number of nitrogens with one attached hydrogen (secondary N) is 1. The Morgan fingerprint density at radius 3 is 2.73 bits per heavy atom. The number of hydrogen-bond donors (Lipinski definition) is 1. The average molecular weight is 361 g/mol. The molecule has 2 atom stereocenters. The molecular formula is C16H17BrN4O. The molecule has 0 spiro atoms. The van der Waals surface area contributed by atoms with Crippen LogP contribution in [0.1, 0.15) is 10.5 Å². The summed E-state index contributed by atoms with van der Waals surface area (Å²) in [5, 5.41) is 7.84. The van der Waals surface area contributed by atoms with Crippen molar-refractivity contribution in [3.63, 3.8) is 0 Å². The number of fused-ring (bicyclic) bond motifs is 1. The van der Waals surface area contributed by atoms with Crippen molar-refractivity contribution in [2.24, 2.45) is 11.8 Å². The maximum absolute atomic E-state index is 12.6. The zero-order chi connectivity index (χ0) is 15.1.